The van der Waals surface area contributed by atoms with Gasteiger partial charge in [0.1, 0.15) is 5.57 Å². The number of rotatable bonds is 11. The Morgan fingerprint density at radius 3 is 2.00 bits per heavy atom. The zero-order valence-corrected chi connectivity index (χ0v) is 18.3. The fourth-order valence-electron chi connectivity index (χ4n) is 3.65. The van der Waals surface area contributed by atoms with Crippen molar-refractivity contribution in [2.75, 3.05) is 0 Å². The molecule has 1 aliphatic rings. The number of carbonyl (C=O) groups is 4. The molecule has 7 heteroatoms. The van der Waals surface area contributed by atoms with Gasteiger partial charge < -0.3 is 14.9 Å². The lowest BCUT2D eigenvalue weighted by molar-refractivity contribution is -0.148. The summed E-state index contributed by atoms with van der Waals surface area (Å²) in [6.45, 7) is 11.2. The minimum Gasteiger partial charge on any atom is -0.507 e. The van der Waals surface area contributed by atoms with Gasteiger partial charge >= 0.3 is 6.16 Å². The van der Waals surface area contributed by atoms with Crippen molar-refractivity contribution in [2.45, 2.75) is 79.2 Å². The van der Waals surface area contributed by atoms with Gasteiger partial charge in [-0.25, -0.2) is 4.79 Å². The van der Waals surface area contributed by atoms with Gasteiger partial charge in [-0.3, -0.25) is 14.4 Å². The Balaban J connectivity index is 3.55. The molecule has 0 saturated carbocycles. The van der Waals surface area contributed by atoms with Gasteiger partial charge in [0.05, 0.1) is 5.92 Å². The number of Topliss-reactive ketones (excluding diaryl/α,β-unsaturated/α-hetero) is 3. The molecule has 0 aromatic carbocycles. The van der Waals surface area contributed by atoms with Crippen LogP contribution in [0.15, 0.2) is 11.3 Å². The summed E-state index contributed by atoms with van der Waals surface area (Å²) in [7, 11) is 0. The minimum absolute atomic E-state index is 0.00533. The first-order chi connectivity index (χ1) is 13.3. The molecule has 0 saturated heterocycles. The van der Waals surface area contributed by atoms with Crippen molar-refractivity contribution < 1.29 is 34.1 Å². The molecular formula is C22H34O7. The molecule has 0 heterocycles. The van der Waals surface area contributed by atoms with E-state index >= 15 is 0 Å². The first-order valence-electron chi connectivity index (χ1n) is 10.3. The lowest BCUT2D eigenvalue weighted by Gasteiger charge is -2.32. The molecular weight excluding hydrogens is 376 g/mol. The number of ketones is 3. The first kappa shape index (κ1) is 24.9. The van der Waals surface area contributed by atoms with Crippen molar-refractivity contribution in [3.8, 4) is 0 Å². The molecule has 0 radical (unpaired) electrons. The smallest absolute Gasteiger partial charge is 0.507 e. The van der Waals surface area contributed by atoms with E-state index < -0.39 is 46.4 Å². The normalized spacial score (nSPS) is 22.1. The average molecular weight is 411 g/mol. The van der Waals surface area contributed by atoms with Crippen LogP contribution in [0.4, 0.5) is 4.79 Å². The quantitative estimate of drug-likeness (QED) is 0.380. The van der Waals surface area contributed by atoms with Crippen molar-refractivity contribution in [1.82, 2.24) is 0 Å². The number of carbonyl (C=O) groups excluding carboxylic acids is 3. The molecule has 2 N–H and O–H groups in total. The van der Waals surface area contributed by atoms with Crippen LogP contribution < -0.4 is 0 Å². The van der Waals surface area contributed by atoms with Crippen LogP contribution in [0, 0.1) is 23.7 Å². The maximum Gasteiger partial charge on any atom is 0.507 e. The summed E-state index contributed by atoms with van der Waals surface area (Å²) < 4.78 is 4.99. The highest BCUT2D eigenvalue weighted by Crippen LogP contribution is 2.45. The average Bonchev–Trinajstić information content (AvgIpc) is 2.77. The summed E-state index contributed by atoms with van der Waals surface area (Å²) >= 11 is 0. The van der Waals surface area contributed by atoms with Crippen molar-refractivity contribution >= 4 is 23.5 Å². The Labute approximate surface area is 172 Å². The second kappa shape index (κ2) is 10.0. The highest BCUT2D eigenvalue weighted by atomic mass is 16.7. The van der Waals surface area contributed by atoms with Crippen LogP contribution in [-0.2, 0) is 19.1 Å². The summed E-state index contributed by atoms with van der Waals surface area (Å²) in [6, 6.07) is 0. The Hall–Kier alpha value is -2.18. The van der Waals surface area contributed by atoms with E-state index in [-0.39, 0.29) is 37.0 Å². The highest BCUT2D eigenvalue weighted by molar-refractivity contribution is 6.26. The third-order valence-electron chi connectivity index (χ3n) is 5.16. The van der Waals surface area contributed by atoms with E-state index in [1.54, 1.807) is 13.8 Å². The fraction of sp³-hybridized carbons (Fsp3) is 0.727. The molecule has 0 fully saturated rings. The molecule has 1 aliphatic carbocycles. The maximum atomic E-state index is 13.2. The Bertz CT molecular complexity index is 687. The van der Waals surface area contributed by atoms with Gasteiger partial charge in [-0.15, -0.1) is 0 Å². The second-order valence-electron chi connectivity index (χ2n) is 9.09. The van der Waals surface area contributed by atoms with Crippen molar-refractivity contribution in [1.29, 1.82) is 0 Å². The van der Waals surface area contributed by atoms with Crippen molar-refractivity contribution in [3.63, 3.8) is 0 Å². The lowest BCUT2D eigenvalue weighted by atomic mass is 9.78. The van der Waals surface area contributed by atoms with Crippen LogP contribution in [-0.4, -0.2) is 39.3 Å². The molecule has 0 bridgehead atoms. The van der Waals surface area contributed by atoms with Gasteiger partial charge in [-0.1, -0.05) is 48.0 Å². The van der Waals surface area contributed by atoms with E-state index in [2.05, 4.69) is 0 Å². The maximum absolute atomic E-state index is 13.2. The second-order valence-corrected chi connectivity index (χ2v) is 9.09. The Morgan fingerprint density at radius 2 is 1.55 bits per heavy atom. The molecule has 0 spiro atoms. The van der Waals surface area contributed by atoms with Crippen LogP contribution in [0.1, 0.15) is 73.6 Å². The number of hydrogen-bond donors (Lipinski definition) is 2. The third kappa shape index (κ3) is 5.67. The monoisotopic (exact) mass is 410 g/mol. The van der Waals surface area contributed by atoms with E-state index in [1.165, 1.54) is 0 Å². The molecule has 0 amide bonds. The van der Waals surface area contributed by atoms with E-state index in [1.807, 2.05) is 27.7 Å². The van der Waals surface area contributed by atoms with Gasteiger partial charge in [0.15, 0.2) is 23.1 Å². The SMILES string of the molecule is CC(C)CCC(=O)[C@@]1(OC(=O)O)C(O)=C(C(=O)CC(C)C)C(=O)[C@@H]1CCC(C)C. The fourth-order valence-corrected chi connectivity index (χ4v) is 3.65. The molecule has 0 unspecified atom stereocenters. The van der Waals surface area contributed by atoms with E-state index in [0.717, 1.165) is 0 Å². The van der Waals surface area contributed by atoms with Crippen LogP contribution in [0.25, 0.3) is 0 Å². The summed E-state index contributed by atoms with van der Waals surface area (Å²) in [4.78, 5) is 50.4. The summed E-state index contributed by atoms with van der Waals surface area (Å²) in [5.41, 5.74) is -2.82. The van der Waals surface area contributed by atoms with Gasteiger partial charge in [0.25, 0.3) is 0 Å². The summed E-state index contributed by atoms with van der Waals surface area (Å²) in [5.74, 6) is -3.78. The predicted molar refractivity (Wildman–Crippen MR) is 108 cm³/mol. The van der Waals surface area contributed by atoms with Crippen LogP contribution in [0.2, 0.25) is 0 Å². The zero-order chi connectivity index (χ0) is 22.5. The van der Waals surface area contributed by atoms with Crippen LogP contribution >= 0.6 is 0 Å². The van der Waals surface area contributed by atoms with Gasteiger partial charge in [-0.2, -0.15) is 0 Å². The molecule has 0 aromatic rings. The third-order valence-corrected chi connectivity index (χ3v) is 5.16. The first-order valence-corrected chi connectivity index (χ1v) is 10.3. The Kier molecular flexibility index (Phi) is 8.60. The van der Waals surface area contributed by atoms with Crippen LogP contribution in [0.5, 0.6) is 0 Å². The number of hydrogen-bond acceptors (Lipinski definition) is 6. The zero-order valence-electron chi connectivity index (χ0n) is 18.3. The topological polar surface area (TPSA) is 118 Å². The van der Waals surface area contributed by atoms with Gasteiger partial charge in [-0.05, 0) is 30.6 Å². The highest BCUT2D eigenvalue weighted by Gasteiger charge is 2.62. The van der Waals surface area contributed by atoms with Crippen molar-refractivity contribution in [3.05, 3.63) is 11.3 Å². The molecule has 1 rings (SSSR count). The molecule has 0 aliphatic heterocycles. The van der Waals surface area contributed by atoms with Gasteiger partial charge in [0, 0.05) is 12.8 Å². The summed E-state index contributed by atoms with van der Waals surface area (Å²) in [5, 5.41) is 20.2. The number of aliphatic hydroxyl groups is 1. The van der Waals surface area contributed by atoms with E-state index in [9.17, 15) is 29.4 Å². The van der Waals surface area contributed by atoms with Crippen LogP contribution in [0.3, 0.4) is 0 Å². The Morgan fingerprint density at radius 1 is 1.00 bits per heavy atom. The van der Waals surface area contributed by atoms with E-state index in [0.29, 0.717) is 12.8 Å². The number of aliphatic hydroxyl groups excluding tert-OH is 1. The van der Waals surface area contributed by atoms with Gasteiger partial charge in [0.2, 0.25) is 5.60 Å². The summed E-state index contributed by atoms with van der Waals surface area (Å²) in [6.07, 6.45) is -0.735. The lowest BCUT2D eigenvalue weighted by Crippen LogP contribution is -2.50. The van der Waals surface area contributed by atoms with E-state index in [4.69, 9.17) is 4.74 Å². The predicted octanol–water partition coefficient (Wildman–Crippen LogP) is 4.49. The number of carboxylic acid groups (broad SMARTS) is 1. The largest absolute Gasteiger partial charge is 0.507 e. The minimum atomic E-state index is -2.34. The van der Waals surface area contributed by atoms with Crippen molar-refractivity contribution in [2.24, 2.45) is 23.7 Å². The number of allylic oxidation sites excluding steroid dienone is 1. The standard InChI is InChI=1S/C22H34O7/c1-12(2)7-9-15-19(25)18(16(23)11-14(5)6)20(26)22(15,29-21(27)28)17(24)10-8-13(3)4/h12-15,26H,7-11H2,1-6H3,(H,27,28)/t15-,22+/m0/s1. The number of ether oxygens (including phenoxy) is 1. The molecule has 164 valence electrons. The molecule has 0 aromatic heterocycles. The molecule has 29 heavy (non-hydrogen) atoms. The molecule has 2 atom stereocenters. The molecule has 7 nitrogen and oxygen atoms in total.